The van der Waals surface area contributed by atoms with Crippen molar-refractivity contribution in [3.8, 4) is 0 Å². The van der Waals surface area contributed by atoms with Crippen molar-refractivity contribution in [3.63, 3.8) is 0 Å². The molecule has 2 aliphatic carbocycles. The van der Waals surface area contributed by atoms with Crippen molar-refractivity contribution in [2.45, 2.75) is 31.6 Å². The summed E-state index contributed by atoms with van der Waals surface area (Å²) in [5.74, 6) is -3.75. The highest BCUT2D eigenvalue weighted by molar-refractivity contribution is 5.78. The predicted molar refractivity (Wildman–Crippen MR) is 37.0 cm³/mol. The average Bonchev–Trinajstić information content (AvgIpc) is 2.60. The Bertz CT molecular complexity index is 225. The lowest BCUT2D eigenvalue weighted by Crippen LogP contribution is -2.43. The minimum atomic E-state index is -2.59. The molecule has 0 heterocycles. The van der Waals surface area contributed by atoms with Gasteiger partial charge in [-0.25, -0.2) is 8.78 Å². The monoisotopic (exact) mass is 176 g/mol. The van der Waals surface area contributed by atoms with E-state index in [2.05, 4.69) is 0 Å². The first kappa shape index (κ1) is 7.95. The summed E-state index contributed by atoms with van der Waals surface area (Å²) in [4.78, 5) is 10.7. The van der Waals surface area contributed by atoms with Gasteiger partial charge in [0.25, 0.3) is 0 Å². The van der Waals surface area contributed by atoms with Gasteiger partial charge < -0.3 is 5.11 Å². The van der Waals surface area contributed by atoms with Crippen LogP contribution in [0.2, 0.25) is 0 Å². The van der Waals surface area contributed by atoms with Crippen LogP contribution in [0.25, 0.3) is 0 Å². The van der Waals surface area contributed by atoms with E-state index in [0.717, 1.165) is 0 Å². The third-order valence-electron chi connectivity index (χ3n) is 3.09. The largest absolute Gasteiger partial charge is 0.481 e. The van der Waals surface area contributed by atoms with Crippen LogP contribution in [0.15, 0.2) is 0 Å². The van der Waals surface area contributed by atoms with Crippen LogP contribution in [0.3, 0.4) is 0 Å². The third kappa shape index (κ3) is 0.934. The molecule has 0 radical (unpaired) electrons. The smallest absolute Gasteiger partial charge is 0.309 e. The Balaban J connectivity index is 2.00. The quantitative estimate of drug-likeness (QED) is 0.697. The van der Waals surface area contributed by atoms with Crippen LogP contribution >= 0.6 is 0 Å². The van der Waals surface area contributed by atoms with Crippen molar-refractivity contribution in [2.75, 3.05) is 0 Å². The third-order valence-corrected chi connectivity index (χ3v) is 3.09. The highest BCUT2D eigenvalue weighted by atomic mass is 19.3. The Morgan fingerprint density at radius 1 is 1.33 bits per heavy atom. The second-order valence-electron chi connectivity index (χ2n) is 3.92. The molecular weight excluding hydrogens is 166 g/mol. The zero-order valence-corrected chi connectivity index (χ0v) is 6.52. The molecular formula is C8H10F2O2. The topological polar surface area (TPSA) is 37.3 Å². The average molecular weight is 176 g/mol. The van der Waals surface area contributed by atoms with Gasteiger partial charge in [0.1, 0.15) is 0 Å². The minimum Gasteiger partial charge on any atom is -0.481 e. The standard InChI is InChI=1S/C8H10F2O2/c9-8(10)3-5(4-8)7(1-2-7)6(11)12/h5H,1-4H2,(H,11,12). The van der Waals surface area contributed by atoms with Crippen LogP contribution < -0.4 is 0 Å². The summed E-state index contributed by atoms with van der Waals surface area (Å²) in [5.41, 5.74) is -0.762. The summed E-state index contributed by atoms with van der Waals surface area (Å²) in [6.07, 6.45) is 0.727. The highest BCUT2D eigenvalue weighted by Gasteiger charge is 2.64. The number of aliphatic carboxylic acids is 1. The van der Waals surface area contributed by atoms with Crippen LogP contribution in [0.5, 0.6) is 0 Å². The van der Waals surface area contributed by atoms with E-state index in [1.807, 2.05) is 0 Å². The second-order valence-corrected chi connectivity index (χ2v) is 3.92. The summed E-state index contributed by atoms with van der Waals surface area (Å²) in [5, 5.41) is 8.76. The zero-order valence-electron chi connectivity index (χ0n) is 6.52. The van der Waals surface area contributed by atoms with E-state index in [4.69, 9.17) is 5.11 Å². The minimum absolute atomic E-state index is 0.223. The first-order chi connectivity index (χ1) is 5.46. The van der Waals surface area contributed by atoms with Gasteiger partial charge in [0.15, 0.2) is 0 Å². The van der Waals surface area contributed by atoms with Gasteiger partial charge in [0.05, 0.1) is 5.41 Å². The molecule has 4 heteroatoms. The fourth-order valence-corrected chi connectivity index (χ4v) is 1.98. The Morgan fingerprint density at radius 3 is 2.08 bits per heavy atom. The second kappa shape index (κ2) is 1.98. The van der Waals surface area contributed by atoms with Crippen molar-refractivity contribution in [2.24, 2.45) is 11.3 Å². The molecule has 2 rings (SSSR count). The van der Waals surface area contributed by atoms with E-state index in [0.29, 0.717) is 12.8 Å². The number of hydrogen-bond donors (Lipinski definition) is 1. The maximum Gasteiger partial charge on any atom is 0.309 e. The van der Waals surface area contributed by atoms with E-state index in [-0.39, 0.29) is 18.8 Å². The molecule has 68 valence electrons. The summed E-state index contributed by atoms with van der Waals surface area (Å²) in [7, 11) is 0. The van der Waals surface area contributed by atoms with Gasteiger partial charge in [-0.05, 0) is 18.8 Å². The summed E-state index contributed by atoms with van der Waals surface area (Å²) < 4.78 is 24.8. The number of hydrogen-bond acceptors (Lipinski definition) is 1. The van der Waals surface area contributed by atoms with Crippen LogP contribution in [-0.2, 0) is 4.79 Å². The molecule has 2 saturated carbocycles. The molecule has 2 aliphatic rings. The molecule has 0 aromatic heterocycles. The molecule has 2 nitrogen and oxygen atoms in total. The van der Waals surface area contributed by atoms with Crippen LogP contribution in [0.1, 0.15) is 25.7 Å². The van der Waals surface area contributed by atoms with Crippen molar-refractivity contribution in [1.29, 1.82) is 0 Å². The molecule has 0 spiro atoms. The molecule has 0 aromatic carbocycles. The van der Waals surface area contributed by atoms with Gasteiger partial charge in [0.2, 0.25) is 5.92 Å². The van der Waals surface area contributed by atoms with Gasteiger partial charge in [0, 0.05) is 12.8 Å². The lowest BCUT2D eigenvalue weighted by atomic mass is 9.71. The normalized spacial score (nSPS) is 30.8. The van der Waals surface area contributed by atoms with E-state index in [9.17, 15) is 13.6 Å². The van der Waals surface area contributed by atoms with E-state index < -0.39 is 17.3 Å². The number of alkyl halides is 2. The van der Waals surface area contributed by atoms with Crippen LogP contribution in [0, 0.1) is 11.3 Å². The van der Waals surface area contributed by atoms with Crippen LogP contribution in [-0.4, -0.2) is 17.0 Å². The molecule has 12 heavy (non-hydrogen) atoms. The number of rotatable bonds is 2. The Labute approximate surface area is 68.6 Å². The first-order valence-corrected chi connectivity index (χ1v) is 4.08. The molecule has 0 bridgehead atoms. The Morgan fingerprint density at radius 2 is 1.83 bits per heavy atom. The molecule has 1 N–H and O–H groups in total. The predicted octanol–water partition coefficient (Wildman–Crippen LogP) is 1.90. The molecule has 0 atom stereocenters. The fourth-order valence-electron chi connectivity index (χ4n) is 1.98. The first-order valence-electron chi connectivity index (χ1n) is 4.08. The van der Waals surface area contributed by atoms with E-state index in [1.54, 1.807) is 0 Å². The van der Waals surface area contributed by atoms with Gasteiger partial charge in [-0.2, -0.15) is 0 Å². The number of halogens is 2. The summed E-state index contributed by atoms with van der Waals surface area (Å²) >= 11 is 0. The summed E-state index contributed by atoms with van der Waals surface area (Å²) in [6.45, 7) is 0. The van der Waals surface area contributed by atoms with Crippen LogP contribution in [0.4, 0.5) is 8.78 Å². The van der Waals surface area contributed by atoms with E-state index >= 15 is 0 Å². The maximum atomic E-state index is 12.4. The lowest BCUT2D eigenvalue weighted by Gasteiger charge is -2.38. The molecule has 0 saturated heterocycles. The zero-order chi connectivity index (χ0) is 8.98. The molecule has 0 unspecified atom stereocenters. The highest BCUT2D eigenvalue weighted by Crippen LogP contribution is 2.62. The molecule has 0 aliphatic heterocycles. The van der Waals surface area contributed by atoms with Crippen molar-refractivity contribution in [1.82, 2.24) is 0 Å². The maximum absolute atomic E-state index is 12.4. The van der Waals surface area contributed by atoms with Gasteiger partial charge in [-0.15, -0.1) is 0 Å². The van der Waals surface area contributed by atoms with E-state index in [1.165, 1.54) is 0 Å². The Hall–Kier alpha value is -0.670. The molecule has 2 fully saturated rings. The van der Waals surface area contributed by atoms with Crippen molar-refractivity contribution < 1.29 is 18.7 Å². The van der Waals surface area contributed by atoms with Gasteiger partial charge in [-0.3, -0.25) is 4.79 Å². The van der Waals surface area contributed by atoms with Crippen molar-refractivity contribution >= 4 is 5.97 Å². The SMILES string of the molecule is O=C(O)C1(C2CC(F)(F)C2)CC1. The number of carbonyl (C=O) groups is 1. The molecule has 0 aromatic rings. The van der Waals surface area contributed by atoms with Gasteiger partial charge >= 0.3 is 5.97 Å². The summed E-state index contributed by atoms with van der Waals surface area (Å²) in [6, 6.07) is 0. The number of carboxylic acids is 1. The Kier molecular flexibility index (Phi) is 1.31. The van der Waals surface area contributed by atoms with Gasteiger partial charge in [-0.1, -0.05) is 0 Å². The number of carboxylic acid groups (broad SMARTS) is 1. The fraction of sp³-hybridized carbons (Fsp3) is 0.875. The lowest BCUT2D eigenvalue weighted by molar-refractivity contribution is -0.163. The molecule has 0 amide bonds. The van der Waals surface area contributed by atoms with Crippen molar-refractivity contribution in [3.05, 3.63) is 0 Å².